The number of aromatic hydroxyl groups is 1. The molecule has 0 aliphatic heterocycles. The number of phenolic OH excluding ortho intramolecular Hbond substituents is 1. The fourth-order valence-corrected chi connectivity index (χ4v) is 6.83. The Hall–Kier alpha value is -3.47. The van der Waals surface area contributed by atoms with E-state index < -0.39 is 75.6 Å². The summed E-state index contributed by atoms with van der Waals surface area (Å²) in [6, 6.07) is 2.19. The van der Waals surface area contributed by atoms with Gasteiger partial charge in [0.25, 0.3) is 5.91 Å². The molecular formula is C27H30N2O8. The Morgan fingerprint density at radius 1 is 1.14 bits per heavy atom. The van der Waals surface area contributed by atoms with Gasteiger partial charge in [-0.2, -0.15) is 0 Å². The van der Waals surface area contributed by atoms with E-state index in [0.29, 0.717) is 11.1 Å². The molecule has 37 heavy (non-hydrogen) atoms. The van der Waals surface area contributed by atoms with Crippen molar-refractivity contribution in [2.45, 2.75) is 49.3 Å². The molecule has 1 aromatic carbocycles. The normalized spacial score (nSPS) is 35.1. The number of fused-ring (bicyclic) bond motifs is 3. The van der Waals surface area contributed by atoms with Crippen LogP contribution in [-0.2, 0) is 9.59 Å². The third kappa shape index (κ3) is 3.12. The summed E-state index contributed by atoms with van der Waals surface area (Å²) >= 11 is 0. The molecule has 0 heterocycles. The van der Waals surface area contributed by atoms with Gasteiger partial charge < -0.3 is 31.3 Å². The SMILES string of the molecule is CC1c2ccc(C3C=CCC3)c(O)c2C(=O)C2=C(O)C3(O)C(=O)C(C(N)=O)=C(O)C(N(C)C)C3C(O)C21. The Balaban J connectivity index is 1.76. The molecule has 0 aromatic heterocycles. The van der Waals surface area contributed by atoms with Crippen molar-refractivity contribution in [3.8, 4) is 5.75 Å². The number of primary amides is 1. The average Bonchev–Trinajstić information content (AvgIpc) is 3.35. The summed E-state index contributed by atoms with van der Waals surface area (Å²) in [7, 11) is 3.00. The zero-order valence-electron chi connectivity index (χ0n) is 20.7. The van der Waals surface area contributed by atoms with Crippen LogP contribution in [0.4, 0.5) is 0 Å². The van der Waals surface area contributed by atoms with Crippen molar-refractivity contribution in [3.63, 3.8) is 0 Å². The second-order valence-electron chi connectivity index (χ2n) is 10.6. The number of rotatable bonds is 3. The molecule has 196 valence electrons. The van der Waals surface area contributed by atoms with Crippen molar-refractivity contribution >= 4 is 17.5 Å². The highest BCUT2D eigenvalue weighted by Gasteiger charge is 2.67. The minimum absolute atomic E-state index is 0.0571. The number of nitrogens with zero attached hydrogens (tertiary/aromatic N) is 1. The molecule has 0 bridgehead atoms. The summed E-state index contributed by atoms with van der Waals surface area (Å²) < 4.78 is 0. The summed E-state index contributed by atoms with van der Waals surface area (Å²) in [5.41, 5.74) is 2.06. The average molecular weight is 511 g/mol. The van der Waals surface area contributed by atoms with Crippen LogP contribution >= 0.6 is 0 Å². The van der Waals surface area contributed by atoms with Crippen molar-refractivity contribution in [2.24, 2.45) is 17.6 Å². The number of likely N-dealkylation sites (N-methyl/N-ethyl adjacent to an activating group) is 1. The van der Waals surface area contributed by atoms with E-state index in [2.05, 4.69) is 0 Å². The maximum absolute atomic E-state index is 13.9. The fraction of sp³-hybridized carbons (Fsp3) is 0.444. The van der Waals surface area contributed by atoms with Crippen molar-refractivity contribution in [1.29, 1.82) is 0 Å². The van der Waals surface area contributed by atoms with E-state index >= 15 is 0 Å². The van der Waals surface area contributed by atoms with Gasteiger partial charge in [-0.25, -0.2) is 0 Å². The molecule has 7 unspecified atom stereocenters. The number of allylic oxidation sites excluding steroid dienone is 2. The van der Waals surface area contributed by atoms with Gasteiger partial charge >= 0.3 is 0 Å². The number of Topliss-reactive ketones (excluding diaryl/α,β-unsaturated/α-hetero) is 2. The van der Waals surface area contributed by atoms with E-state index in [1.165, 1.54) is 19.0 Å². The van der Waals surface area contributed by atoms with Crippen LogP contribution < -0.4 is 5.73 Å². The number of phenols is 1. The first kappa shape index (κ1) is 25.2. The fourth-order valence-electron chi connectivity index (χ4n) is 6.83. The molecule has 1 amide bonds. The molecule has 0 saturated heterocycles. The van der Waals surface area contributed by atoms with Gasteiger partial charge in [0, 0.05) is 23.0 Å². The molecule has 0 radical (unpaired) electrons. The van der Waals surface area contributed by atoms with Crippen LogP contribution in [0.1, 0.15) is 53.1 Å². The largest absolute Gasteiger partial charge is 0.510 e. The lowest BCUT2D eigenvalue weighted by atomic mass is 9.55. The van der Waals surface area contributed by atoms with Crippen LogP contribution in [0.3, 0.4) is 0 Å². The lowest BCUT2D eigenvalue weighted by Gasteiger charge is -2.53. The van der Waals surface area contributed by atoms with E-state index in [9.17, 15) is 39.9 Å². The van der Waals surface area contributed by atoms with Gasteiger partial charge in [0.15, 0.2) is 11.4 Å². The van der Waals surface area contributed by atoms with E-state index in [-0.39, 0.29) is 17.2 Å². The number of aliphatic hydroxyl groups excluding tert-OH is 3. The standard InChI is InChI=1S/C27H30N2O8/c1-10-12-8-9-13(11-6-4-5-7-11)20(30)15(12)21(31)16-14(10)22(32)18-19(29(2)3)23(33)17(26(28)36)25(35)27(18,37)24(16)34/h4,6,8-11,14,18-19,22,30,32-34,37H,5,7H2,1-3H3,(H2,28,36). The van der Waals surface area contributed by atoms with Crippen LogP contribution in [0, 0.1) is 11.8 Å². The Morgan fingerprint density at radius 3 is 2.35 bits per heavy atom. The van der Waals surface area contributed by atoms with E-state index in [1.807, 2.05) is 12.2 Å². The first-order valence-corrected chi connectivity index (χ1v) is 12.2. The van der Waals surface area contributed by atoms with Crippen LogP contribution in [-0.4, -0.2) is 79.7 Å². The first-order chi connectivity index (χ1) is 17.3. The number of hydrogen-bond donors (Lipinski definition) is 6. The minimum atomic E-state index is -2.91. The highest BCUT2D eigenvalue weighted by atomic mass is 16.4. The number of benzene rings is 1. The Bertz CT molecular complexity index is 1340. The van der Waals surface area contributed by atoms with E-state index in [1.54, 1.807) is 19.1 Å². The van der Waals surface area contributed by atoms with Gasteiger partial charge in [-0.1, -0.05) is 31.2 Å². The molecule has 7 atom stereocenters. The predicted molar refractivity (Wildman–Crippen MR) is 131 cm³/mol. The molecule has 10 heteroatoms. The summed E-state index contributed by atoms with van der Waals surface area (Å²) in [6.45, 7) is 1.71. The maximum Gasteiger partial charge on any atom is 0.255 e. The summed E-state index contributed by atoms with van der Waals surface area (Å²) in [6.07, 6.45) is 3.93. The number of ketones is 2. The molecule has 4 aliphatic carbocycles. The number of amides is 1. The van der Waals surface area contributed by atoms with Crippen molar-refractivity contribution < 1.29 is 39.9 Å². The monoisotopic (exact) mass is 510 g/mol. The second-order valence-corrected chi connectivity index (χ2v) is 10.6. The Kier molecular flexibility index (Phi) is 5.63. The summed E-state index contributed by atoms with van der Waals surface area (Å²) in [4.78, 5) is 40.8. The molecule has 0 spiro atoms. The highest BCUT2D eigenvalue weighted by molar-refractivity contribution is 6.25. The Labute approximate surface area is 213 Å². The number of hydrogen-bond acceptors (Lipinski definition) is 9. The number of nitrogens with two attached hydrogens (primary N) is 1. The first-order valence-electron chi connectivity index (χ1n) is 12.2. The Morgan fingerprint density at radius 2 is 1.78 bits per heavy atom. The summed E-state index contributed by atoms with van der Waals surface area (Å²) in [5, 5.41) is 56.8. The molecule has 1 aromatic rings. The maximum atomic E-state index is 13.9. The van der Waals surface area contributed by atoms with Crippen LogP contribution in [0.15, 0.2) is 46.9 Å². The van der Waals surface area contributed by atoms with Crippen molar-refractivity contribution in [3.05, 3.63) is 63.6 Å². The molecular weight excluding hydrogens is 480 g/mol. The van der Waals surface area contributed by atoms with Crippen LogP contribution in [0.25, 0.3) is 0 Å². The molecule has 0 fully saturated rings. The number of carbonyl (C=O) groups excluding carboxylic acids is 3. The van der Waals surface area contributed by atoms with E-state index in [4.69, 9.17) is 5.73 Å². The molecule has 0 saturated carbocycles. The quantitative estimate of drug-likeness (QED) is 0.256. The third-order valence-corrected chi connectivity index (χ3v) is 8.57. The van der Waals surface area contributed by atoms with Gasteiger partial charge in [-0.3, -0.25) is 19.3 Å². The van der Waals surface area contributed by atoms with Gasteiger partial charge in [-0.05, 0) is 38.4 Å². The van der Waals surface area contributed by atoms with Crippen LogP contribution in [0.5, 0.6) is 5.75 Å². The zero-order chi connectivity index (χ0) is 27.1. The van der Waals surface area contributed by atoms with Gasteiger partial charge in [0.1, 0.15) is 22.8 Å². The van der Waals surface area contributed by atoms with Gasteiger partial charge in [0.05, 0.1) is 23.6 Å². The molecule has 4 aliphatic rings. The second kappa shape index (κ2) is 8.27. The van der Waals surface area contributed by atoms with Gasteiger partial charge in [-0.15, -0.1) is 0 Å². The topological polar surface area (TPSA) is 182 Å². The predicted octanol–water partition coefficient (Wildman–Crippen LogP) is 1.09. The lowest BCUT2D eigenvalue weighted by Crippen LogP contribution is -2.68. The van der Waals surface area contributed by atoms with Crippen molar-refractivity contribution in [2.75, 3.05) is 14.1 Å². The molecule has 10 nitrogen and oxygen atoms in total. The smallest absolute Gasteiger partial charge is 0.255 e. The van der Waals surface area contributed by atoms with Gasteiger partial charge in [0.2, 0.25) is 5.78 Å². The van der Waals surface area contributed by atoms with E-state index in [0.717, 1.165) is 12.8 Å². The highest BCUT2D eigenvalue weighted by Crippen LogP contribution is 2.56. The van der Waals surface area contributed by atoms with Crippen LogP contribution in [0.2, 0.25) is 0 Å². The lowest BCUT2D eigenvalue weighted by molar-refractivity contribution is -0.162. The number of aliphatic hydroxyl groups is 4. The number of carbonyl (C=O) groups is 3. The third-order valence-electron chi connectivity index (χ3n) is 8.57. The minimum Gasteiger partial charge on any atom is -0.510 e. The van der Waals surface area contributed by atoms with Crippen molar-refractivity contribution in [1.82, 2.24) is 4.90 Å². The molecule has 5 rings (SSSR count). The zero-order valence-corrected chi connectivity index (χ0v) is 20.7. The molecule has 7 N–H and O–H groups in total. The summed E-state index contributed by atoms with van der Waals surface area (Å²) in [5.74, 6) is -8.84.